The normalized spacial score (nSPS) is 14.4. The minimum Gasteiger partial charge on any atom is -0.508 e. The first kappa shape index (κ1) is 21.8. The minimum absolute atomic E-state index is 0.000312. The molecule has 0 aliphatic carbocycles. The number of phenols is 1. The largest absolute Gasteiger partial charge is 0.508 e. The third-order valence-electron chi connectivity index (χ3n) is 4.84. The van der Waals surface area contributed by atoms with E-state index < -0.39 is 0 Å². The average molecular weight is 345 g/mol. The molecule has 0 aliphatic heterocycles. The molecule has 1 heteroatoms. The van der Waals surface area contributed by atoms with Gasteiger partial charge in [0.2, 0.25) is 0 Å². The average Bonchev–Trinajstić information content (AvgIpc) is 2.33. The zero-order chi connectivity index (χ0) is 20.0. The van der Waals surface area contributed by atoms with Crippen molar-refractivity contribution in [2.75, 3.05) is 0 Å². The van der Waals surface area contributed by atoms with E-state index in [0.717, 1.165) is 5.56 Å². The van der Waals surface area contributed by atoms with Crippen LogP contribution in [0.4, 0.5) is 0 Å². The highest BCUT2D eigenvalue weighted by molar-refractivity contribution is 5.59. The van der Waals surface area contributed by atoms with Crippen LogP contribution in [0.1, 0.15) is 105 Å². The summed E-state index contributed by atoms with van der Waals surface area (Å²) in [5.74, 6) is 0.422. The molecule has 1 N–H and O–H groups in total. The van der Waals surface area contributed by atoms with Crippen molar-refractivity contribution in [2.45, 2.75) is 105 Å². The van der Waals surface area contributed by atoms with Crippen molar-refractivity contribution in [3.05, 3.63) is 40.5 Å². The lowest BCUT2D eigenvalue weighted by Crippen LogP contribution is -2.32. The van der Waals surface area contributed by atoms with Gasteiger partial charge in [0, 0.05) is 11.0 Å². The van der Waals surface area contributed by atoms with Crippen LogP contribution < -0.4 is 0 Å². The molecule has 1 aromatic rings. The first-order chi connectivity index (χ1) is 10.9. The molecule has 25 heavy (non-hydrogen) atoms. The number of phenolic OH excluding ortho intramolecular Hbond substituents is 1. The summed E-state index contributed by atoms with van der Waals surface area (Å²) in [4.78, 5) is 0. The molecule has 0 radical (unpaired) electrons. The second-order valence-electron chi connectivity index (χ2n) is 11.0. The fourth-order valence-corrected chi connectivity index (χ4v) is 3.94. The third-order valence-corrected chi connectivity index (χ3v) is 4.84. The molecule has 0 atom stereocenters. The monoisotopic (exact) mass is 344 g/mol. The molecule has 0 saturated heterocycles. The molecule has 0 spiro atoms. The SMILES string of the molecule is C/C=C/C(C)(C)c1c(O)cc(C(C)(C)C)c(C(C)(C)C)c1C(C)(C)C. The Morgan fingerprint density at radius 2 is 1.12 bits per heavy atom. The van der Waals surface area contributed by atoms with E-state index >= 15 is 0 Å². The summed E-state index contributed by atoms with van der Waals surface area (Å²) in [6.07, 6.45) is 4.28. The lowest BCUT2D eigenvalue weighted by molar-refractivity contribution is 0.429. The maximum absolute atomic E-state index is 11.1. The quantitative estimate of drug-likeness (QED) is 0.565. The Morgan fingerprint density at radius 1 is 0.680 bits per heavy atom. The van der Waals surface area contributed by atoms with Crippen LogP contribution in [0.15, 0.2) is 18.2 Å². The van der Waals surface area contributed by atoms with Gasteiger partial charge < -0.3 is 5.11 Å². The summed E-state index contributed by atoms with van der Waals surface area (Å²) >= 11 is 0. The summed E-state index contributed by atoms with van der Waals surface area (Å²) in [5.41, 5.74) is 4.69. The maximum Gasteiger partial charge on any atom is 0.120 e. The van der Waals surface area contributed by atoms with Crippen molar-refractivity contribution in [3.63, 3.8) is 0 Å². The second-order valence-corrected chi connectivity index (χ2v) is 11.0. The van der Waals surface area contributed by atoms with Crippen LogP contribution >= 0.6 is 0 Å². The molecule has 1 rings (SSSR count). The van der Waals surface area contributed by atoms with Gasteiger partial charge in [-0.05, 0) is 45.9 Å². The fraction of sp³-hybridized carbons (Fsp3) is 0.667. The van der Waals surface area contributed by atoms with Crippen molar-refractivity contribution in [3.8, 4) is 5.75 Å². The van der Waals surface area contributed by atoms with Crippen LogP contribution in [0.2, 0.25) is 0 Å². The van der Waals surface area contributed by atoms with Crippen LogP contribution in [0, 0.1) is 0 Å². The van der Waals surface area contributed by atoms with Crippen LogP contribution in [-0.2, 0) is 21.7 Å². The van der Waals surface area contributed by atoms with E-state index in [9.17, 15) is 5.11 Å². The molecule has 142 valence electrons. The molecule has 0 bridgehead atoms. The molecule has 0 heterocycles. The lowest BCUT2D eigenvalue weighted by Gasteiger charge is -2.41. The van der Waals surface area contributed by atoms with Crippen LogP contribution in [-0.4, -0.2) is 5.11 Å². The molecule has 0 aromatic heterocycles. The summed E-state index contributed by atoms with van der Waals surface area (Å²) in [7, 11) is 0. The number of aromatic hydroxyl groups is 1. The number of hydrogen-bond acceptors (Lipinski definition) is 1. The molecule has 1 nitrogen and oxygen atoms in total. The number of rotatable bonds is 2. The Bertz CT molecular complexity index is 653. The first-order valence-electron chi connectivity index (χ1n) is 9.50. The number of benzene rings is 1. The van der Waals surface area contributed by atoms with E-state index in [0.29, 0.717) is 5.75 Å². The summed E-state index contributed by atoms with van der Waals surface area (Å²) in [6.45, 7) is 26.8. The van der Waals surface area contributed by atoms with E-state index in [4.69, 9.17) is 0 Å². The summed E-state index contributed by atoms with van der Waals surface area (Å²) in [5, 5.41) is 11.1. The minimum atomic E-state index is -0.224. The van der Waals surface area contributed by atoms with Gasteiger partial charge in [-0.25, -0.2) is 0 Å². The number of hydrogen-bond donors (Lipinski definition) is 1. The number of allylic oxidation sites excluding steroid dienone is 2. The van der Waals surface area contributed by atoms with E-state index in [1.807, 2.05) is 13.0 Å². The van der Waals surface area contributed by atoms with E-state index in [1.54, 1.807) is 0 Å². The molecule has 0 saturated carbocycles. The molecular formula is C24H40O. The molecule has 0 aliphatic rings. The molecule has 0 amide bonds. The third kappa shape index (κ3) is 4.49. The topological polar surface area (TPSA) is 20.2 Å². The van der Waals surface area contributed by atoms with Crippen molar-refractivity contribution in [2.24, 2.45) is 0 Å². The Hall–Kier alpha value is -1.24. The predicted octanol–water partition coefficient (Wildman–Crippen LogP) is 7.14. The smallest absolute Gasteiger partial charge is 0.120 e. The van der Waals surface area contributed by atoms with Gasteiger partial charge in [-0.15, -0.1) is 0 Å². The second kappa shape index (κ2) is 6.49. The van der Waals surface area contributed by atoms with Crippen molar-refractivity contribution in [1.29, 1.82) is 0 Å². The highest BCUT2D eigenvalue weighted by atomic mass is 16.3. The van der Waals surface area contributed by atoms with Crippen molar-refractivity contribution < 1.29 is 5.11 Å². The Labute approximate surface area is 156 Å². The van der Waals surface area contributed by atoms with Gasteiger partial charge in [-0.1, -0.05) is 88.3 Å². The summed E-state index contributed by atoms with van der Waals surface area (Å²) < 4.78 is 0. The maximum atomic E-state index is 11.1. The standard InChI is InChI=1S/C24H40O/c1-13-14-24(11,12)19-17(25)15-16(21(2,3)4)18(22(5,6)7)20(19)23(8,9)10/h13-15,25H,1-12H3/b14-13+. The highest BCUT2D eigenvalue weighted by Crippen LogP contribution is 2.49. The van der Waals surface area contributed by atoms with Gasteiger partial charge in [-0.3, -0.25) is 0 Å². The van der Waals surface area contributed by atoms with Crippen LogP contribution in [0.3, 0.4) is 0 Å². The van der Waals surface area contributed by atoms with Gasteiger partial charge in [0.05, 0.1) is 0 Å². The fourth-order valence-electron chi connectivity index (χ4n) is 3.94. The van der Waals surface area contributed by atoms with E-state index in [-0.39, 0.29) is 21.7 Å². The first-order valence-corrected chi connectivity index (χ1v) is 9.50. The Kier molecular flexibility index (Phi) is 5.66. The van der Waals surface area contributed by atoms with Gasteiger partial charge in [0.1, 0.15) is 5.75 Å². The molecule has 0 unspecified atom stereocenters. The molecule has 0 fully saturated rings. The van der Waals surface area contributed by atoms with E-state index in [2.05, 4.69) is 88.3 Å². The van der Waals surface area contributed by atoms with Gasteiger partial charge in [-0.2, -0.15) is 0 Å². The van der Waals surface area contributed by atoms with Gasteiger partial charge >= 0.3 is 0 Å². The zero-order valence-corrected chi connectivity index (χ0v) is 18.7. The highest BCUT2D eigenvalue weighted by Gasteiger charge is 2.38. The van der Waals surface area contributed by atoms with E-state index in [1.165, 1.54) is 16.7 Å². The van der Waals surface area contributed by atoms with Crippen LogP contribution in [0.5, 0.6) is 5.75 Å². The lowest BCUT2D eigenvalue weighted by atomic mass is 9.64. The molecule has 1 aromatic carbocycles. The van der Waals surface area contributed by atoms with Crippen molar-refractivity contribution >= 4 is 0 Å². The Morgan fingerprint density at radius 3 is 1.44 bits per heavy atom. The van der Waals surface area contributed by atoms with Crippen LogP contribution in [0.25, 0.3) is 0 Å². The predicted molar refractivity (Wildman–Crippen MR) is 112 cm³/mol. The summed E-state index contributed by atoms with van der Waals surface area (Å²) in [6, 6.07) is 2.02. The van der Waals surface area contributed by atoms with Gasteiger partial charge in [0.15, 0.2) is 0 Å². The Balaban J connectivity index is 4.22. The van der Waals surface area contributed by atoms with Gasteiger partial charge in [0.25, 0.3) is 0 Å². The molecular weight excluding hydrogens is 304 g/mol. The van der Waals surface area contributed by atoms with Crippen molar-refractivity contribution in [1.82, 2.24) is 0 Å². The zero-order valence-electron chi connectivity index (χ0n) is 18.7.